The van der Waals surface area contributed by atoms with Crippen molar-refractivity contribution in [1.82, 2.24) is 9.97 Å². The van der Waals surface area contributed by atoms with Gasteiger partial charge in [0, 0.05) is 39.6 Å². The number of nitrogens with zero attached hydrogens (tertiary/aromatic N) is 2. The summed E-state index contributed by atoms with van der Waals surface area (Å²) in [6.07, 6.45) is 1.67. The van der Waals surface area contributed by atoms with Crippen LogP contribution >= 0.6 is 11.6 Å². The number of anilines is 1. The molecule has 0 amide bonds. The molecule has 126 valence electrons. The molecule has 0 saturated carbocycles. The van der Waals surface area contributed by atoms with Crippen LogP contribution in [0.5, 0.6) is 0 Å². The van der Waals surface area contributed by atoms with Crippen molar-refractivity contribution < 1.29 is 0 Å². The molecule has 2 aromatic heterocycles. The van der Waals surface area contributed by atoms with Crippen molar-refractivity contribution in [3.63, 3.8) is 0 Å². The van der Waals surface area contributed by atoms with Gasteiger partial charge in [-0.25, -0.2) is 4.98 Å². The molecule has 0 saturated heterocycles. The van der Waals surface area contributed by atoms with Crippen LogP contribution in [0.15, 0.2) is 59.5 Å². The first kappa shape index (κ1) is 16.1. The molecule has 0 fully saturated rings. The first-order chi connectivity index (χ1) is 12.6. The van der Waals surface area contributed by atoms with Gasteiger partial charge >= 0.3 is 0 Å². The van der Waals surface area contributed by atoms with Crippen LogP contribution in [0.25, 0.3) is 21.7 Å². The summed E-state index contributed by atoms with van der Waals surface area (Å²) in [5, 5.41) is 15.5. The van der Waals surface area contributed by atoms with Crippen molar-refractivity contribution in [2.75, 3.05) is 5.32 Å². The van der Waals surface area contributed by atoms with Crippen molar-refractivity contribution >= 4 is 39.1 Å². The number of nitrogens with one attached hydrogen (secondary N) is 2. The van der Waals surface area contributed by atoms with E-state index in [1.165, 1.54) is 0 Å². The molecule has 26 heavy (non-hydrogen) atoms. The SMILES string of the molecule is N#Cc1cccc2cc(NCc3cc4cc(Cl)ccc4[nH]c3=O)ncc12. The average Bonchev–Trinajstić information content (AvgIpc) is 2.66. The number of fused-ring (bicyclic) bond motifs is 2. The number of aromatic amines is 1. The minimum absolute atomic E-state index is 0.153. The molecule has 2 heterocycles. The molecule has 0 aliphatic heterocycles. The monoisotopic (exact) mass is 360 g/mol. The maximum atomic E-state index is 12.3. The van der Waals surface area contributed by atoms with Gasteiger partial charge in [-0.15, -0.1) is 0 Å². The van der Waals surface area contributed by atoms with Gasteiger partial charge in [0.2, 0.25) is 0 Å². The third-order valence-corrected chi connectivity index (χ3v) is 4.46. The lowest BCUT2D eigenvalue weighted by Crippen LogP contribution is -2.16. The second-order valence-electron chi connectivity index (χ2n) is 5.92. The van der Waals surface area contributed by atoms with Crippen LogP contribution in [-0.2, 0) is 6.54 Å². The summed E-state index contributed by atoms with van der Waals surface area (Å²) < 4.78 is 0. The lowest BCUT2D eigenvalue weighted by Gasteiger charge is -2.08. The highest BCUT2D eigenvalue weighted by Gasteiger charge is 2.06. The van der Waals surface area contributed by atoms with E-state index in [4.69, 9.17) is 16.9 Å². The van der Waals surface area contributed by atoms with Crippen LogP contribution in [0.4, 0.5) is 5.82 Å². The topological polar surface area (TPSA) is 81.6 Å². The van der Waals surface area contributed by atoms with Gasteiger partial charge in [-0.3, -0.25) is 4.79 Å². The average molecular weight is 361 g/mol. The lowest BCUT2D eigenvalue weighted by atomic mass is 10.1. The molecule has 0 aliphatic carbocycles. The number of hydrogen-bond donors (Lipinski definition) is 2. The highest BCUT2D eigenvalue weighted by atomic mass is 35.5. The zero-order valence-corrected chi connectivity index (χ0v) is 14.3. The van der Waals surface area contributed by atoms with E-state index in [0.717, 1.165) is 21.7 Å². The summed E-state index contributed by atoms with van der Waals surface area (Å²) >= 11 is 6.02. The van der Waals surface area contributed by atoms with Gasteiger partial charge in [0.1, 0.15) is 5.82 Å². The molecule has 5 nitrogen and oxygen atoms in total. The third-order valence-electron chi connectivity index (χ3n) is 4.23. The van der Waals surface area contributed by atoms with E-state index in [1.54, 1.807) is 24.4 Å². The van der Waals surface area contributed by atoms with Gasteiger partial charge in [-0.1, -0.05) is 23.7 Å². The molecule has 0 atom stereocenters. The van der Waals surface area contributed by atoms with Gasteiger partial charge < -0.3 is 10.3 Å². The second-order valence-corrected chi connectivity index (χ2v) is 6.35. The van der Waals surface area contributed by atoms with E-state index in [9.17, 15) is 4.79 Å². The smallest absolute Gasteiger partial charge is 0.253 e. The minimum atomic E-state index is -0.153. The first-order valence-corrected chi connectivity index (χ1v) is 8.36. The summed E-state index contributed by atoms with van der Waals surface area (Å²) in [6, 6.07) is 16.7. The van der Waals surface area contributed by atoms with Crippen LogP contribution in [0.3, 0.4) is 0 Å². The van der Waals surface area contributed by atoms with Gasteiger partial charge in [0.15, 0.2) is 0 Å². The van der Waals surface area contributed by atoms with Crippen LogP contribution in [0.2, 0.25) is 5.02 Å². The Labute approximate surface area is 153 Å². The molecule has 0 aliphatic rings. The number of hydrogen-bond acceptors (Lipinski definition) is 4. The quantitative estimate of drug-likeness (QED) is 0.573. The number of halogens is 1. The van der Waals surface area contributed by atoms with E-state index in [1.807, 2.05) is 30.3 Å². The summed E-state index contributed by atoms with van der Waals surface area (Å²) in [5.41, 5.74) is 1.77. The Morgan fingerprint density at radius 2 is 2.04 bits per heavy atom. The molecular weight excluding hydrogens is 348 g/mol. The van der Waals surface area contributed by atoms with Crippen LogP contribution in [0.1, 0.15) is 11.1 Å². The Balaban J connectivity index is 1.64. The highest BCUT2D eigenvalue weighted by Crippen LogP contribution is 2.21. The Morgan fingerprint density at radius 1 is 1.15 bits per heavy atom. The highest BCUT2D eigenvalue weighted by molar-refractivity contribution is 6.31. The number of nitriles is 1. The minimum Gasteiger partial charge on any atom is -0.366 e. The molecule has 2 N–H and O–H groups in total. The predicted octanol–water partition coefficient (Wildman–Crippen LogP) is 4.21. The zero-order valence-electron chi connectivity index (χ0n) is 13.6. The van der Waals surface area contributed by atoms with Crippen LogP contribution in [-0.4, -0.2) is 9.97 Å². The fraction of sp³-hybridized carbons (Fsp3) is 0.0500. The van der Waals surface area contributed by atoms with E-state index in [2.05, 4.69) is 21.4 Å². The largest absolute Gasteiger partial charge is 0.366 e. The number of rotatable bonds is 3. The van der Waals surface area contributed by atoms with Crippen molar-refractivity contribution in [3.8, 4) is 6.07 Å². The standard InChI is InChI=1S/C20H13ClN4O/c21-16-4-5-18-14(7-16)6-15(20(26)25-18)10-23-19-8-12-2-1-3-13(9-22)17(12)11-24-19/h1-8,11H,10H2,(H,23,24)(H,25,26). The Kier molecular flexibility index (Phi) is 4.04. The first-order valence-electron chi connectivity index (χ1n) is 7.98. The van der Waals surface area contributed by atoms with Crippen molar-refractivity contribution in [2.45, 2.75) is 6.54 Å². The number of pyridine rings is 2. The molecule has 0 spiro atoms. The molecule has 6 heteroatoms. The van der Waals surface area contributed by atoms with E-state index in [0.29, 0.717) is 28.5 Å². The van der Waals surface area contributed by atoms with E-state index < -0.39 is 0 Å². The fourth-order valence-electron chi connectivity index (χ4n) is 2.91. The molecule has 4 aromatic rings. The molecule has 4 rings (SSSR count). The zero-order chi connectivity index (χ0) is 18.1. The van der Waals surface area contributed by atoms with Crippen molar-refractivity contribution in [3.05, 3.63) is 81.2 Å². The Morgan fingerprint density at radius 3 is 2.88 bits per heavy atom. The van der Waals surface area contributed by atoms with Gasteiger partial charge in [-0.2, -0.15) is 5.26 Å². The number of aromatic nitrogens is 2. The normalized spacial score (nSPS) is 10.8. The number of H-pyrrole nitrogens is 1. The Hall–Kier alpha value is -3.36. The molecule has 0 bridgehead atoms. The fourth-order valence-corrected chi connectivity index (χ4v) is 3.09. The molecule has 0 unspecified atom stereocenters. The van der Waals surface area contributed by atoms with Gasteiger partial charge in [-0.05, 0) is 41.8 Å². The molecule has 2 aromatic carbocycles. The summed E-state index contributed by atoms with van der Waals surface area (Å²) in [4.78, 5) is 19.4. The maximum Gasteiger partial charge on any atom is 0.253 e. The number of benzene rings is 2. The summed E-state index contributed by atoms with van der Waals surface area (Å²) in [5.74, 6) is 0.637. The molecule has 0 radical (unpaired) electrons. The van der Waals surface area contributed by atoms with Gasteiger partial charge in [0.25, 0.3) is 5.56 Å². The Bertz CT molecular complexity index is 1240. The van der Waals surface area contributed by atoms with Crippen molar-refractivity contribution in [1.29, 1.82) is 5.26 Å². The molecular formula is C20H13ClN4O. The summed E-state index contributed by atoms with van der Waals surface area (Å²) in [7, 11) is 0. The van der Waals surface area contributed by atoms with E-state index in [-0.39, 0.29) is 5.56 Å². The van der Waals surface area contributed by atoms with Crippen LogP contribution in [0, 0.1) is 11.3 Å². The van der Waals surface area contributed by atoms with Crippen molar-refractivity contribution in [2.24, 2.45) is 0 Å². The van der Waals surface area contributed by atoms with E-state index >= 15 is 0 Å². The maximum absolute atomic E-state index is 12.3. The van der Waals surface area contributed by atoms with Gasteiger partial charge in [0.05, 0.1) is 11.6 Å². The predicted molar refractivity (Wildman–Crippen MR) is 103 cm³/mol. The van der Waals surface area contributed by atoms with Crippen LogP contribution < -0.4 is 10.9 Å². The lowest BCUT2D eigenvalue weighted by molar-refractivity contribution is 1.07. The summed E-state index contributed by atoms with van der Waals surface area (Å²) in [6.45, 7) is 0.328. The third kappa shape index (κ3) is 2.99. The second kappa shape index (κ2) is 6.51.